The minimum atomic E-state index is -1.30. The van der Waals surface area contributed by atoms with Crippen LogP contribution in [0.15, 0.2) is 54.6 Å². The van der Waals surface area contributed by atoms with Crippen LogP contribution < -0.4 is 14.8 Å². The van der Waals surface area contributed by atoms with Gasteiger partial charge in [-0.2, -0.15) is 0 Å². The topological polar surface area (TPSA) is 94.1 Å². The van der Waals surface area contributed by atoms with Crippen molar-refractivity contribution in [3.63, 3.8) is 0 Å². The first-order valence-electron chi connectivity index (χ1n) is 9.10. The van der Waals surface area contributed by atoms with Gasteiger partial charge >= 0.3 is 5.97 Å². The molecule has 1 heterocycles. The van der Waals surface area contributed by atoms with Crippen molar-refractivity contribution in [3.8, 4) is 11.5 Å². The van der Waals surface area contributed by atoms with Gasteiger partial charge in [-0.25, -0.2) is 4.79 Å². The first-order chi connectivity index (χ1) is 13.6. The van der Waals surface area contributed by atoms with E-state index in [2.05, 4.69) is 5.32 Å². The van der Waals surface area contributed by atoms with Crippen molar-refractivity contribution in [3.05, 3.63) is 60.2 Å². The normalized spacial score (nSPS) is 15.4. The van der Waals surface area contributed by atoms with Crippen LogP contribution in [-0.2, 0) is 20.9 Å². The number of ether oxygens (including phenoxy) is 3. The van der Waals surface area contributed by atoms with Gasteiger partial charge in [-0.15, -0.1) is 0 Å². The van der Waals surface area contributed by atoms with Gasteiger partial charge in [-0.3, -0.25) is 4.79 Å². The van der Waals surface area contributed by atoms with E-state index in [1.54, 1.807) is 18.2 Å². The second-order valence-corrected chi connectivity index (χ2v) is 6.56. The average molecular weight is 385 g/mol. The van der Waals surface area contributed by atoms with E-state index in [9.17, 15) is 14.7 Å². The lowest BCUT2D eigenvalue weighted by molar-refractivity contribution is -0.152. The summed E-state index contributed by atoms with van der Waals surface area (Å²) in [5.74, 6) is -0.624. The quantitative estimate of drug-likeness (QED) is 0.725. The number of hydrogen-bond donors (Lipinski definition) is 2. The number of carbonyl (C=O) groups is 2. The molecule has 1 saturated heterocycles. The second kappa shape index (κ2) is 9.23. The fourth-order valence-corrected chi connectivity index (χ4v) is 2.98. The van der Waals surface area contributed by atoms with E-state index in [-0.39, 0.29) is 19.4 Å². The Labute approximate surface area is 163 Å². The van der Waals surface area contributed by atoms with Gasteiger partial charge in [0.1, 0.15) is 12.1 Å². The van der Waals surface area contributed by atoms with Gasteiger partial charge < -0.3 is 24.6 Å². The minimum absolute atomic E-state index is 0.227. The van der Waals surface area contributed by atoms with Gasteiger partial charge in [0, 0.05) is 26.1 Å². The van der Waals surface area contributed by atoms with Crippen LogP contribution in [0.4, 0.5) is 0 Å². The Bertz CT molecular complexity index is 802. The zero-order valence-electron chi connectivity index (χ0n) is 15.4. The average Bonchev–Trinajstić information content (AvgIpc) is 2.72. The molecule has 1 fully saturated rings. The second-order valence-electron chi connectivity index (χ2n) is 6.56. The van der Waals surface area contributed by atoms with E-state index >= 15 is 0 Å². The molecule has 0 bridgehead atoms. The van der Waals surface area contributed by atoms with E-state index in [4.69, 9.17) is 14.2 Å². The summed E-state index contributed by atoms with van der Waals surface area (Å²) in [5, 5.41) is 12.1. The number of aliphatic carboxylic acids is 1. The Morgan fingerprint density at radius 3 is 2.21 bits per heavy atom. The van der Waals surface area contributed by atoms with E-state index < -0.39 is 17.4 Å². The van der Waals surface area contributed by atoms with E-state index in [1.807, 2.05) is 36.4 Å². The highest BCUT2D eigenvalue weighted by Crippen LogP contribution is 2.27. The van der Waals surface area contributed by atoms with Crippen LogP contribution in [0.25, 0.3) is 0 Å². The van der Waals surface area contributed by atoms with Crippen LogP contribution >= 0.6 is 0 Å². The zero-order valence-corrected chi connectivity index (χ0v) is 15.4. The van der Waals surface area contributed by atoms with Gasteiger partial charge in [0.05, 0.1) is 0 Å². The molecule has 3 rings (SSSR count). The monoisotopic (exact) mass is 385 g/mol. The number of carboxylic acids is 1. The van der Waals surface area contributed by atoms with Crippen LogP contribution in [-0.4, -0.2) is 42.3 Å². The fraction of sp³-hybridized carbons (Fsp3) is 0.333. The standard InChI is InChI=1S/C21H23NO6/c23-19(22-21(20(24)25)10-12-26-13-11-21)15-28-18-9-5-4-8-17(18)27-14-16-6-2-1-3-7-16/h1-9H,10-15H2,(H,22,23)(H,24,25). The molecule has 0 spiro atoms. The van der Waals surface area contributed by atoms with E-state index in [0.29, 0.717) is 31.3 Å². The number of rotatable bonds is 8. The van der Waals surface area contributed by atoms with Crippen LogP contribution in [0, 0.1) is 0 Å². The Balaban J connectivity index is 1.58. The first kappa shape index (κ1) is 19.7. The molecule has 148 valence electrons. The van der Waals surface area contributed by atoms with Crippen LogP contribution in [0.5, 0.6) is 11.5 Å². The summed E-state index contributed by atoms with van der Waals surface area (Å²) in [4.78, 5) is 23.9. The lowest BCUT2D eigenvalue weighted by Crippen LogP contribution is -2.58. The summed E-state index contributed by atoms with van der Waals surface area (Å²) < 4.78 is 16.6. The molecule has 28 heavy (non-hydrogen) atoms. The third kappa shape index (κ3) is 5.01. The first-order valence-corrected chi connectivity index (χ1v) is 9.10. The summed E-state index contributed by atoms with van der Waals surface area (Å²) in [6, 6.07) is 16.8. The van der Waals surface area contributed by atoms with Crippen molar-refractivity contribution in [2.75, 3.05) is 19.8 Å². The Morgan fingerprint density at radius 2 is 1.57 bits per heavy atom. The van der Waals surface area contributed by atoms with Gasteiger partial charge in [-0.1, -0.05) is 42.5 Å². The Morgan fingerprint density at radius 1 is 0.964 bits per heavy atom. The largest absolute Gasteiger partial charge is 0.485 e. The van der Waals surface area contributed by atoms with Crippen molar-refractivity contribution < 1.29 is 28.9 Å². The number of carboxylic acid groups (broad SMARTS) is 1. The number of benzene rings is 2. The maximum Gasteiger partial charge on any atom is 0.329 e. The summed E-state index contributed by atoms with van der Waals surface area (Å²) >= 11 is 0. The predicted molar refractivity (Wildman–Crippen MR) is 101 cm³/mol. The van der Waals surface area contributed by atoms with Gasteiger partial charge in [0.25, 0.3) is 5.91 Å². The lowest BCUT2D eigenvalue weighted by Gasteiger charge is -2.33. The molecule has 1 aliphatic rings. The van der Waals surface area contributed by atoms with Gasteiger partial charge in [-0.05, 0) is 17.7 Å². The molecule has 1 aliphatic heterocycles. The maximum absolute atomic E-state index is 12.3. The van der Waals surface area contributed by atoms with Gasteiger partial charge in [0.15, 0.2) is 18.1 Å². The molecule has 7 heteroatoms. The molecule has 2 aromatic rings. The molecule has 7 nitrogen and oxygen atoms in total. The Hall–Kier alpha value is -3.06. The van der Waals surface area contributed by atoms with Crippen molar-refractivity contribution in [1.82, 2.24) is 5.32 Å². The van der Waals surface area contributed by atoms with Gasteiger partial charge in [0.2, 0.25) is 0 Å². The number of hydrogen-bond acceptors (Lipinski definition) is 5. The third-order valence-electron chi connectivity index (χ3n) is 4.58. The van der Waals surface area contributed by atoms with Crippen LogP contribution in [0.3, 0.4) is 0 Å². The molecule has 0 radical (unpaired) electrons. The van der Waals surface area contributed by atoms with Crippen LogP contribution in [0.2, 0.25) is 0 Å². The highest BCUT2D eigenvalue weighted by molar-refractivity contribution is 5.87. The molecule has 2 aromatic carbocycles. The number of amides is 1. The summed E-state index contributed by atoms with van der Waals surface area (Å²) in [5.41, 5.74) is -0.292. The molecule has 0 aliphatic carbocycles. The van der Waals surface area contributed by atoms with E-state index in [0.717, 1.165) is 5.56 Å². The van der Waals surface area contributed by atoms with Crippen molar-refractivity contribution in [2.24, 2.45) is 0 Å². The summed E-state index contributed by atoms with van der Waals surface area (Å²) in [6.45, 7) is 0.657. The minimum Gasteiger partial charge on any atom is -0.485 e. The highest BCUT2D eigenvalue weighted by Gasteiger charge is 2.41. The summed E-state index contributed by atoms with van der Waals surface area (Å²) in [7, 11) is 0. The van der Waals surface area contributed by atoms with Crippen molar-refractivity contribution in [1.29, 1.82) is 0 Å². The van der Waals surface area contributed by atoms with Crippen molar-refractivity contribution >= 4 is 11.9 Å². The third-order valence-corrected chi connectivity index (χ3v) is 4.58. The number of para-hydroxylation sites is 2. The number of carbonyl (C=O) groups excluding carboxylic acids is 1. The molecular weight excluding hydrogens is 362 g/mol. The molecule has 0 unspecified atom stereocenters. The molecule has 0 aromatic heterocycles. The molecule has 1 amide bonds. The zero-order chi connectivity index (χ0) is 19.8. The van der Waals surface area contributed by atoms with Crippen molar-refractivity contribution in [2.45, 2.75) is 25.0 Å². The SMILES string of the molecule is O=C(COc1ccccc1OCc1ccccc1)NC1(C(=O)O)CCOCC1. The molecule has 0 atom stereocenters. The smallest absolute Gasteiger partial charge is 0.329 e. The molecular formula is C21H23NO6. The molecule has 2 N–H and O–H groups in total. The lowest BCUT2D eigenvalue weighted by atomic mass is 9.90. The predicted octanol–water partition coefficient (Wildman–Crippen LogP) is 2.39. The van der Waals surface area contributed by atoms with E-state index in [1.165, 1.54) is 0 Å². The fourth-order valence-electron chi connectivity index (χ4n) is 2.98. The highest BCUT2D eigenvalue weighted by atomic mass is 16.5. The summed E-state index contributed by atoms with van der Waals surface area (Å²) in [6.07, 6.45) is 0.454. The van der Waals surface area contributed by atoms with Crippen LogP contribution in [0.1, 0.15) is 18.4 Å². The Kier molecular flexibility index (Phi) is 6.49. The number of nitrogens with one attached hydrogen (secondary N) is 1. The molecule has 0 saturated carbocycles. The maximum atomic E-state index is 12.3.